The van der Waals surface area contributed by atoms with Crippen LogP contribution in [0.3, 0.4) is 0 Å². The summed E-state index contributed by atoms with van der Waals surface area (Å²) < 4.78 is 2.15. The van der Waals surface area contributed by atoms with Gasteiger partial charge in [-0.1, -0.05) is 111 Å². The molecular formula is C33H21Br2N. The molecule has 0 unspecified atom stereocenters. The monoisotopic (exact) mass is 589 g/mol. The fourth-order valence-corrected chi connectivity index (χ4v) is 6.73. The van der Waals surface area contributed by atoms with Gasteiger partial charge in [-0.2, -0.15) is 0 Å². The molecule has 0 aromatic heterocycles. The maximum atomic E-state index is 3.81. The molecule has 1 spiro atoms. The SMILES string of the molecule is Brc1ccc2c(c1)C1(c3cc(Br)ccc3C=C2)c2ccccc2N(c2ccccc2)c2ccccc21. The van der Waals surface area contributed by atoms with Crippen LogP contribution in [0.2, 0.25) is 0 Å². The Balaban J connectivity index is 1.70. The van der Waals surface area contributed by atoms with Crippen LogP contribution in [-0.2, 0) is 5.41 Å². The number of fused-ring (bicyclic) bond motifs is 8. The van der Waals surface area contributed by atoms with Crippen LogP contribution < -0.4 is 4.90 Å². The second kappa shape index (κ2) is 8.33. The van der Waals surface area contributed by atoms with Gasteiger partial charge in [0.25, 0.3) is 0 Å². The zero-order valence-electron chi connectivity index (χ0n) is 19.3. The first kappa shape index (κ1) is 21.8. The van der Waals surface area contributed by atoms with Crippen LogP contribution in [0.25, 0.3) is 12.2 Å². The van der Waals surface area contributed by atoms with E-state index in [9.17, 15) is 0 Å². The molecule has 7 rings (SSSR count). The summed E-state index contributed by atoms with van der Waals surface area (Å²) in [6.45, 7) is 0. The minimum absolute atomic E-state index is 0.500. The maximum absolute atomic E-state index is 3.81. The Bertz CT molecular complexity index is 1560. The number of hydrogen-bond acceptors (Lipinski definition) is 1. The van der Waals surface area contributed by atoms with Gasteiger partial charge < -0.3 is 4.90 Å². The highest BCUT2D eigenvalue weighted by atomic mass is 79.9. The number of para-hydroxylation sites is 3. The number of halogens is 2. The molecule has 0 amide bonds. The largest absolute Gasteiger partial charge is 0.310 e. The molecule has 0 saturated carbocycles. The second-order valence-electron chi connectivity index (χ2n) is 9.25. The molecule has 1 nitrogen and oxygen atoms in total. The average molecular weight is 591 g/mol. The smallest absolute Gasteiger partial charge is 0.0754 e. The fourth-order valence-electron chi connectivity index (χ4n) is 6.00. The van der Waals surface area contributed by atoms with Gasteiger partial charge in [0.2, 0.25) is 0 Å². The van der Waals surface area contributed by atoms with Crippen molar-refractivity contribution in [1.82, 2.24) is 0 Å². The molecule has 3 heteroatoms. The number of benzene rings is 5. The second-order valence-corrected chi connectivity index (χ2v) is 11.1. The van der Waals surface area contributed by atoms with Crippen molar-refractivity contribution < 1.29 is 0 Å². The fraction of sp³-hybridized carbons (Fsp3) is 0.0303. The molecule has 1 heterocycles. The van der Waals surface area contributed by atoms with Crippen molar-refractivity contribution >= 4 is 61.1 Å². The molecule has 172 valence electrons. The third-order valence-corrected chi connectivity index (χ3v) is 8.38. The summed E-state index contributed by atoms with van der Waals surface area (Å²) in [7, 11) is 0. The molecule has 2 aliphatic rings. The predicted molar refractivity (Wildman–Crippen MR) is 157 cm³/mol. The molecule has 0 saturated heterocycles. The van der Waals surface area contributed by atoms with E-state index >= 15 is 0 Å². The van der Waals surface area contributed by atoms with E-state index < -0.39 is 5.41 Å². The van der Waals surface area contributed by atoms with Gasteiger partial charge in [-0.05, 0) is 81.9 Å². The van der Waals surface area contributed by atoms with Gasteiger partial charge in [-0.15, -0.1) is 0 Å². The Morgan fingerprint density at radius 3 is 1.47 bits per heavy atom. The molecule has 0 radical (unpaired) electrons. The van der Waals surface area contributed by atoms with E-state index in [4.69, 9.17) is 0 Å². The summed E-state index contributed by atoms with van der Waals surface area (Å²) in [5.41, 5.74) is 10.6. The van der Waals surface area contributed by atoms with Crippen LogP contribution in [0.15, 0.2) is 124 Å². The standard InChI is InChI=1S/C33H21Br2N/c34-24-18-16-22-14-15-23-17-19-25(35)21-30(23)33(29(22)20-24)27-10-4-6-12-31(27)36(26-8-2-1-3-9-26)32-13-7-5-11-28(32)33/h1-21H. The van der Waals surface area contributed by atoms with Gasteiger partial charge in [0, 0.05) is 14.6 Å². The van der Waals surface area contributed by atoms with Crippen molar-refractivity contribution in [2.45, 2.75) is 5.41 Å². The Hall–Kier alpha value is -3.40. The van der Waals surface area contributed by atoms with E-state index in [1.165, 1.54) is 44.8 Å². The first-order valence-electron chi connectivity index (χ1n) is 12.0. The number of rotatable bonds is 1. The summed E-state index contributed by atoms with van der Waals surface area (Å²) in [4.78, 5) is 2.41. The summed E-state index contributed by atoms with van der Waals surface area (Å²) >= 11 is 7.61. The first-order valence-corrected chi connectivity index (χ1v) is 13.6. The van der Waals surface area contributed by atoms with Gasteiger partial charge in [0.1, 0.15) is 0 Å². The Kier molecular flexibility index (Phi) is 5.06. The quantitative estimate of drug-likeness (QED) is 0.184. The maximum Gasteiger partial charge on any atom is 0.0754 e. The van der Waals surface area contributed by atoms with Crippen molar-refractivity contribution in [1.29, 1.82) is 0 Å². The van der Waals surface area contributed by atoms with Crippen molar-refractivity contribution in [3.05, 3.63) is 158 Å². The Morgan fingerprint density at radius 2 is 0.944 bits per heavy atom. The van der Waals surface area contributed by atoms with E-state index in [0.29, 0.717) is 0 Å². The summed E-state index contributed by atoms with van der Waals surface area (Å²) in [6.07, 6.45) is 4.52. The van der Waals surface area contributed by atoms with Crippen LogP contribution in [0.5, 0.6) is 0 Å². The minimum atomic E-state index is -0.500. The lowest BCUT2D eigenvalue weighted by atomic mass is 9.61. The van der Waals surface area contributed by atoms with Crippen molar-refractivity contribution in [2.75, 3.05) is 4.90 Å². The lowest BCUT2D eigenvalue weighted by Gasteiger charge is -2.47. The van der Waals surface area contributed by atoms with Crippen molar-refractivity contribution in [3.8, 4) is 0 Å². The van der Waals surface area contributed by atoms with Crippen LogP contribution in [0.1, 0.15) is 33.4 Å². The lowest BCUT2D eigenvalue weighted by molar-refractivity contribution is 0.728. The van der Waals surface area contributed by atoms with E-state index in [1.807, 2.05) is 0 Å². The van der Waals surface area contributed by atoms with Gasteiger partial charge in [-0.25, -0.2) is 0 Å². The molecule has 0 fully saturated rings. The highest BCUT2D eigenvalue weighted by Crippen LogP contribution is 2.59. The van der Waals surface area contributed by atoms with Crippen LogP contribution in [0.4, 0.5) is 17.1 Å². The molecule has 5 aromatic carbocycles. The molecule has 0 bridgehead atoms. The molecule has 5 aromatic rings. The number of anilines is 3. The summed E-state index contributed by atoms with van der Waals surface area (Å²) in [5.74, 6) is 0. The van der Waals surface area contributed by atoms with Crippen molar-refractivity contribution in [2.24, 2.45) is 0 Å². The van der Waals surface area contributed by atoms with E-state index in [2.05, 4.69) is 164 Å². The normalized spacial score (nSPS) is 14.4. The van der Waals surface area contributed by atoms with Crippen molar-refractivity contribution in [3.63, 3.8) is 0 Å². The molecule has 1 aliphatic heterocycles. The molecule has 0 atom stereocenters. The molecule has 1 aliphatic carbocycles. The van der Waals surface area contributed by atoms with E-state index in [0.717, 1.165) is 14.6 Å². The Morgan fingerprint density at radius 1 is 0.472 bits per heavy atom. The Labute approximate surface area is 228 Å². The van der Waals surface area contributed by atoms with Gasteiger partial charge in [0.15, 0.2) is 0 Å². The van der Waals surface area contributed by atoms with E-state index in [-0.39, 0.29) is 0 Å². The summed E-state index contributed by atoms with van der Waals surface area (Å²) in [5, 5.41) is 0. The zero-order valence-corrected chi connectivity index (χ0v) is 22.5. The average Bonchev–Trinajstić information content (AvgIpc) is 3.05. The van der Waals surface area contributed by atoms with Gasteiger partial charge in [-0.3, -0.25) is 0 Å². The number of hydrogen-bond donors (Lipinski definition) is 0. The third-order valence-electron chi connectivity index (χ3n) is 7.39. The topological polar surface area (TPSA) is 3.24 Å². The van der Waals surface area contributed by atoms with Gasteiger partial charge >= 0.3 is 0 Å². The minimum Gasteiger partial charge on any atom is -0.310 e. The van der Waals surface area contributed by atoms with Crippen LogP contribution in [0, 0.1) is 0 Å². The summed E-state index contributed by atoms with van der Waals surface area (Å²) in [6, 6.07) is 41.8. The number of nitrogens with zero attached hydrogens (tertiary/aromatic N) is 1. The van der Waals surface area contributed by atoms with E-state index in [1.54, 1.807) is 0 Å². The molecule has 0 N–H and O–H groups in total. The highest BCUT2D eigenvalue weighted by Gasteiger charge is 2.48. The molecule has 36 heavy (non-hydrogen) atoms. The van der Waals surface area contributed by atoms with Crippen LogP contribution in [-0.4, -0.2) is 0 Å². The zero-order chi connectivity index (χ0) is 24.3. The first-order chi connectivity index (χ1) is 17.7. The van der Waals surface area contributed by atoms with Crippen LogP contribution >= 0.6 is 31.9 Å². The molecular weight excluding hydrogens is 570 g/mol. The third kappa shape index (κ3) is 3.06. The van der Waals surface area contributed by atoms with Gasteiger partial charge in [0.05, 0.1) is 16.8 Å². The predicted octanol–water partition coefficient (Wildman–Crippen LogP) is 9.86. The highest BCUT2D eigenvalue weighted by molar-refractivity contribution is 9.10. The lowest BCUT2D eigenvalue weighted by Crippen LogP contribution is -2.38.